The summed E-state index contributed by atoms with van der Waals surface area (Å²) in [6.45, 7) is 2.55. The van der Waals surface area contributed by atoms with Crippen molar-refractivity contribution in [3.8, 4) is 17.2 Å². The minimum atomic E-state index is -0.0501. The molecule has 0 saturated carbocycles. The molecule has 2 aliphatic heterocycles. The number of nitrogens with zero attached hydrogens (tertiary/aromatic N) is 1. The predicted molar refractivity (Wildman–Crippen MR) is 81.7 cm³/mol. The third kappa shape index (κ3) is 1.94. The fraction of sp³-hybridized carbons (Fsp3) is 0.562. The Morgan fingerprint density at radius 1 is 1.00 bits per heavy atom. The fourth-order valence-corrected chi connectivity index (χ4v) is 3.67. The molecule has 22 heavy (non-hydrogen) atoms. The van der Waals surface area contributed by atoms with E-state index in [0.717, 1.165) is 28.2 Å². The molecule has 2 aliphatic rings. The second kappa shape index (κ2) is 5.35. The average Bonchev–Trinajstić information content (AvgIpc) is 2.75. The number of amides is 1. The summed E-state index contributed by atoms with van der Waals surface area (Å²) in [7, 11) is 6.76. The molecule has 0 aliphatic carbocycles. The largest absolute Gasteiger partial charge is 0.496 e. The molecule has 1 aromatic carbocycles. The molecule has 2 heterocycles. The molecule has 3 rings (SSSR count). The van der Waals surface area contributed by atoms with Crippen LogP contribution in [0.5, 0.6) is 17.2 Å². The lowest BCUT2D eigenvalue weighted by atomic mass is 9.92. The van der Waals surface area contributed by atoms with Gasteiger partial charge in [-0.3, -0.25) is 4.79 Å². The Bertz CT molecular complexity index is 629. The van der Waals surface area contributed by atoms with Crippen LogP contribution in [0.15, 0.2) is 0 Å². The number of fused-ring (bicyclic) bond motifs is 5. The van der Waals surface area contributed by atoms with E-state index in [9.17, 15) is 4.79 Å². The van der Waals surface area contributed by atoms with Crippen LogP contribution in [0.1, 0.15) is 35.2 Å². The molecular weight excluding hydrogens is 284 g/mol. The lowest BCUT2D eigenvalue weighted by molar-refractivity contribution is -0.129. The highest BCUT2D eigenvalue weighted by Gasteiger charge is 2.43. The van der Waals surface area contributed by atoms with Crippen molar-refractivity contribution in [2.75, 3.05) is 34.9 Å². The Kier molecular flexibility index (Phi) is 3.64. The van der Waals surface area contributed by atoms with E-state index in [1.54, 1.807) is 26.2 Å². The normalized spacial score (nSPS) is 23.1. The molecular formula is C16H22N2O4. The third-order valence-electron chi connectivity index (χ3n) is 4.64. The minimum Gasteiger partial charge on any atom is -0.496 e. The summed E-state index contributed by atoms with van der Waals surface area (Å²) >= 11 is 0. The highest BCUT2D eigenvalue weighted by Crippen LogP contribution is 2.53. The van der Waals surface area contributed by atoms with Crippen molar-refractivity contribution in [3.63, 3.8) is 0 Å². The first-order valence-corrected chi connectivity index (χ1v) is 7.35. The summed E-state index contributed by atoms with van der Waals surface area (Å²) in [5.74, 6) is 2.35. The first-order chi connectivity index (χ1) is 10.5. The Hall–Kier alpha value is -1.95. The van der Waals surface area contributed by atoms with Crippen LogP contribution in [0.3, 0.4) is 0 Å². The maximum absolute atomic E-state index is 12.2. The molecule has 2 bridgehead atoms. The summed E-state index contributed by atoms with van der Waals surface area (Å²) < 4.78 is 16.8. The van der Waals surface area contributed by atoms with Gasteiger partial charge >= 0.3 is 0 Å². The molecule has 120 valence electrons. The van der Waals surface area contributed by atoms with E-state index < -0.39 is 0 Å². The number of carbonyl (C=O) groups is 1. The zero-order valence-electron chi connectivity index (χ0n) is 13.6. The van der Waals surface area contributed by atoms with Crippen LogP contribution in [0.25, 0.3) is 0 Å². The molecule has 1 saturated heterocycles. The fourth-order valence-electron chi connectivity index (χ4n) is 3.67. The third-order valence-corrected chi connectivity index (χ3v) is 4.64. The summed E-state index contributed by atoms with van der Waals surface area (Å²) in [5, 5.41) is 3.53. The van der Waals surface area contributed by atoms with Crippen molar-refractivity contribution < 1.29 is 19.0 Å². The van der Waals surface area contributed by atoms with Crippen molar-refractivity contribution in [1.82, 2.24) is 10.2 Å². The summed E-state index contributed by atoms with van der Waals surface area (Å²) in [5.41, 5.74) is 2.98. The molecule has 0 spiro atoms. The molecule has 6 heteroatoms. The lowest BCUT2D eigenvalue weighted by Gasteiger charge is -2.25. The van der Waals surface area contributed by atoms with Crippen LogP contribution in [-0.4, -0.2) is 45.7 Å². The van der Waals surface area contributed by atoms with Gasteiger partial charge in [0, 0.05) is 42.7 Å². The number of carbonyl (C=O) groups excluding carboxylic acids is 1. The second-order valence-corrected chi connectivity index (χ2v) is 5.80. The summed E-state index contributed by atoms with van der Waals surface area (Å²) in [6.07, 6.45) is 0.422. The van der Waals surface area contributed by atoms with Gasteiger partial charge in [0.25, 0.3) is 0 Å². The van der Waals surface area contributed by atoms with Crippen LogP contribution in [0, 0.1) is 6.92 Å². The molecule has 2 unspecified atom stereocenters. The smallest absolute Gasteiger partial charge is 0.224 e. The number of hydrogen-bond acceptors (Lipinski definition) is 5. The van der Waals surface area contributed by atoms with Gasteiger partial charge in [-0.2, -0.15) is 0 Å². The van der Waals surface area contributed by atoms with Crippen molar-refractivity contribution in [2.24, 2.45) is 0 Å². The van der Waals surface area contributed by atoms with E-state index in [1.165, 1.54) is 0 Å². The van der Waals surface area contributed by atoms with Crippen LogP contribution in [-0.2, 0) is 4.79 Å². The molecule has 2 atom stereocenters. The zero-order valence-corrected chi connectivity index (χ0v) is 13.6. The van der Waals surface area contributed by atoms with Crippen LogP contribution in [0.2, 0.25) is 0 Å². The highest BCUT2D eigenvalue weighted by atomic mass is 16.5. The standard InChI is InChI=1S/C16H22N2O4/c1-8-14(20-3)12-9-6-11(19)18(2)7-10(17-9)13(12)16(22-5)15(8)21-4/h9-10,17H,6-7H2,1-5H3. The first-order valence-electron chi connectivity index (χ1n) is 7.35. The van der Waals surface area contributed by atoms with Gasteiger partial charge in [-0.05, 0) is 6.92 Å². The Morgan fingerprint density at radius 2 is 1.59 bits per heavy atom. The van der Waals surface area contributed by atoms with Crippen LogP contribution in [0.4, 0.5) is 0 Å². The van der Waals surface area contributed by atoms with E-state index in [2.05, 4.69) is 5.32 Å². The maximum atomic E-state index is 12.2. The van der Waals surface area contributed by atoms with Crippen molar-refractivity contribution in [2.45, 2.75) is 25.4 Å². The lowest BCUT2D eigenvalue weighted by Crippen LogP contribution is -2.30. The van der Waals surface area contributed by atoms with Gasteiger partial charge in [0.15, 0.2) is 11.5 Å². The number of ether oxygens (including phenoxy) is 3. The van der Waals surface area contributed by atoms with Gasteiger partial charge in [-0.25, -0.2) is 0 Å². The molecule has 1 fully saturated rings. The van der Waals surface area contributed by atoms with Gasteiger partial charge in [0.2, 0.25) is 5.91 Å². The van der Waals surface area contributed by atoms with E-state index in [-0.39, 0.29) is 18.0 Å². The van der Waals surface area contributed by atoms with Gasteiger partial charge in [0.05, 0.1) is 27.4 Å². The Labute approximate surface area is 130 Å². The minimum absolute atomic E-state index is 0.0230. The number of benzene rings is 1. The van der Waals surface area contributed by atoms with Crippen molar-refractivity contribution >= 4 is 5.91 Å². The Morgan fingerprint density at radius 3 is 2.18 bits per heavy atom. The quantitative estimate of drug-likeness (QED) is 0.918. The number of nitrogens with one attached hydrogen (secondary N) is 1. The van der Waals surface area contributed by atoms with Gasteiger partial charge in [0.1, 0.15) is 5.75 Å². The molecule has 1 N–H and O–H groups in total. The molecule has 0 aromatic heterocycles. The first kappa shape index (κ1) is 15.0. The molecule has 1 amide bonds. The topological polar surface area (TPSA) is 60.0 Å². The Balaban J connectivity index is 2.28. The predicted octanol–water partition coefficient (Wildman–Crippen LogP) is 1.57. The molecule has 0 radical (unpaired) electrons. The highest BCUT2D eigenvalue weighted by molar-refractivity contribution is 5.79. The van der Waals surface area contributed by atoms with Gasteiger partial charge < -0.3 is 24.4 Å². The summed E-state index contributed by atoms with van der Waals surface area (Å²) in [6, 6.07) is -0.0271. The van der Waals surface area contributed by atoms with E-state index in [1.807, 2.05) is 14.0 Å². The number of rotatable bonds is 3. The molecule has 6 nitrogen and oxygen atoms in total. The van der Waals surface area contributed by atoms with E-state index in [4.69, 9.17) is 14.2 Å². The number of likely N-dealkylation sites (N-methyl/N-ethyl adjacent to an activating group) is 1. The van der Waals surface area contributed by atoms with E-state index in [0.29, 0.717) is 18.7 Å². The van der Waals surface area contributed by atoms with Gasteiger partial charge in [-0.1, -0.05) is 0 Å². The summed E-state index contributed by atoms with van der Waals surface area (Å²) in [4.78, 5) is 13.9. The van der Waals surface area contributed by atoms with Crippen LogP contribution < -0.4 is 19.5 Å². The zero-order chi connectivity index (χ0) is 16.0. The van der Waals surface area contributed by atoms with Crippen LogP contribution >= 0.6 is 0 Å². The second-order valence-electron chi connectivity index (χ2n) is 5.80. The number of methoxy groups -OCH3 is 3. The molecule has 1 aromatic rings. The maximum Gasteiger partial charge on any atom is 0.224 e. The van der Waals surface area contributed by atoms with Crippen molar-refractivity contribution in [3.05, 3.63) is 16.7 Å². The monoisotopic (exact) mass is 306 g/mol. The van der Waals surface area contributed by atoms with Gasteiger partial charge in [-0.15, -0.1) is 0 Å². The number of hydrogen-bond donors (Lipinski definition) is 1. The average molecular weight is 306 g/mol. The SMILES string of the molecule is COc1c(C)c(OC)c2c(c1OC)C1CN(C)C(=O)CC2N1. The van der Waals surface area contributed by atoms with Crippen molar-refractivity contribution in [1.29, 1.82) is 0 Å². The van der Waals surface area contributed by atoms with E-state index >= 15 is 0 Å².